The Morgan fingerprint density at radius 3 is 2.62 bits per heavy atom. The van der Waals surface area contributed by atoms with Crippen molar-refractivity contribution < 1.29 is 14.3 Å². The Morgan fingerprint density at radius 1 is 1.21 bits per heavy atom. The van der Waals surface area contributed by atoms with Crippen LogP contribution >= 0.6 is 11.8 Å². The summed E-state index contributed by atoms with van der Waals surface area (Å²) in [6, 6.07) is 11.7. The molecule has 1 aromatic carbocycles. The summed E-state index contributed by atoms with van der Waals surface area (Å²) >= 11 is 0.935. The SMILES string of the molecule is Cc1cc(/C=C2\SC(=O)NC2=O)c(C)n1CCOc1ccccc1. The van der Waals surface area contributed by atoms with E-state index in [2.05, 4.69) is 9.88 Å². The van der Waals surface area contributed by atoms with Gasteiger partial charge in [-0.2, -0.15) is 0 Å². The van der Waals surface area contributed by atoms with Gasteiger partial charge in [0.25, 0.3) is 11.1 Å². The van der Waals surface area contributed by atoms with Crippen molar-refractivity contribution in [1.29, 1.82) is 0 Å². The van der Waals surface area contributed by atoms with Crippen LogP contribution in [0.5, 0.6) is 5.75 Å². The maximum atomic E-state index is 11.7. The molecule has 1 N–H and O–H groups in total. The summed E-state index contributed by atoms with van der Waals surface area (Å²) in [5.41, 5.74) is 3.08. The van der Waals surface area contributed by atoms with Crippen LogP contribution in [0.4, 0.5) is 4.79 Å². The van der Waals surface area contributed by atoms with Gasteiger partial charge in [0.15, 0.2) is 0 Å². The van der Waals surface area contributed by atoms with Crippen molar-refractivity contribution >= 4 is 29.0 Å². The van der Waals surface area contributed by atoms with Gasteiger partial charge in [0.1, 0.15) is 12.4 Å². The van der Waals surface area contributed by atoms with Crippen molar-refractivity contribution in [2.45, 2.75) is 20.4 Å². The first-order valence-corrected chi connectivity index (χ1v) is 8.45. The molecule has 0 bridgehead atoms. The first kappa shape index (κ1) is 16.4. The lowest BCUT2D eigenvalue weighted by molar-refractivity contribution is -0.115. The Hall–Kier alpha value is -2.47. The smallest absolute Gasteiger partial charge is 0.290 e. The summed E-state index contributed by atoms with van der Waals surface area (Å²) in [6.07, 6.45) is 1.77. The van der Waals surface area contributed by atoms with Gasteiger partial charge in [-0.25, -0.2) is 0 Å². The van der Waals surface area contributed by atoms with Crippen molar-refractivity contribution in [2.75, 3.05) is 6.61 Å². The van der Waals surface area contributed by atoms with Crippen LogP contribution < -0.4 is 10.1 Å². The zero-order valence-corrected chi connectivity index (χ0v) is 14.4. The normalized spacial score (nSPS) is 15.8. The molecular formula is C18H18N2O3S. The monoisotopic (exact) mass is 342 g/mol. The second-order valence-corrected chi connectivity index (χ2v) is 6.51. The lowest BCUT2D eigenvalue weighted by Crippen LogP contribution is -2.17. The molecule has 1 aromatic heterocycles. The minimum atomic E-state index is -0.331. The number of rotatable bonds is 5. The molecule has 1 aliphatic rings. The minimum absolute atomic E-state index is 0.323. The number of aryl methyl sites for hydroxylation is 1. The number of para-hydroxylation sites is 1. The number of carbonyl (C=O) groups excluding carboxylic acids is 2. The van der Waals surface area contributed by atoms with Crippen molar-refractivity contribution in [3.63, 3.8) is 0 Å². The molecule has 0 radical (unpaired) electrons. The molecule has 24 heavy (non-hydrogen) atoms. The molecule has 0 unspecified atom stereocenters. The zero-order valence-electron chi connectivity index (χ0n) is 13.5. The number of amides is 2. The number of hydrogen-bond donors (Lipinski definition) is 1. The second kappa shape index (κ2) is 6.97. The second-order valence-electron chi connectivity index (χ2n) is 5.49. The Bertz CT molecular complexity index is 809. The van der Waals surface area contributed by atoms with Gasteiger partial charge >= 0.3 is 0 Å². The Kier molecular flexibility index (Phi) is 4.76. The summed E-state index contributed by atoms with van der Waals surface area (Å²) in [7, 11) is 0. The summed E-state index contributed by atoms with van der Waals surface area (Å²) < 4.78 is 7.89. The molecule has 1 aliphatic heterocycles. The van der Waals surface area contributed by atoms with Crippen molar-refractivity contribution in [3.8, 4) is 5.75 Å². The summed E-state index contributed by atoms with van der Waals surface area (Å²) in [5, 5.41) is 1.95. The summed E-state index contributed by atoms with van der Waals surface area (Å²) in [5.74, 6) is 0.516. The number of imide groups is 1. The predicted molar refractivity (Wildman–Crippen MR) is 94.9 cm³/mol. The van der Waals surface area contributed by atoms with E-state index < -0.39 is 0 Å². The number of benzene rings is 1. The number of nitrogens with zero attached hydrogens (tertiary/aromatic N) is 1. The summed E-state index contributed by atoms with van der Waals surface area (Å²) in [6.45, 7) is 5.30. The third kappa shape index (κ3) is 3.54. The molecule has 0 atom stereocenters. The quantitative estimate of drug-likeness (QED) is 0.845. The van der Waals surface area contributed by atoms with E-state index in [4.69, 9.17) is 4.74 Å². The molecule has 2 aromatic rings. The molecule has 124 valence electrons. The molecule has 3 rings (SSSR count). The first-order chi connectivity index (χ1) is 11.5. The van der Waals surface area contributed by atoms with Crippen LogP contribution in [-0.2, 0) is 11.3 Å². The fourth-order valence-corrected chi connectivity index (χ4v) is 3.32. The number of thioether (sulfide) groups is 1. The van der Waals surface area contributed by atoms with Crippen LogP contribution in [0, 0.1) is 13.8 Å². The average Bonchev–Trinajstić information content (AvgIpc) is 3.01. The highest BCUT2D eigenvalue weighted by Crippen LogP contribution is 2.27. The van der Waals surface area contributed by atoms with Gasteiger partial charge < -0.3 is 9.30 Å². The van der Waals surface area contributed by atoms with Crippen molar-refractivity contribution in [2.24, 2.45) is 0 Å². The number of ether oxygens (including phenoxy) is 1. The fourth-order valence-electron chi connectivity index (χ4n) is 2.65. The van der Waals surface area contributed by atoms with E-state index in [1.165, 1.54) is 0 Å². The molecule has 0 spiro atoms. The van der Waals surface area contributed by atoms with Gasteiger partial charge in [0, 0.05) is 11.4 Å². The highest BCUT2D eigenvalue weighted by molar-refractivity contribution is 8.18. The number of hydrogen-bond acceptors (Lipinski definition) is 4. The Balaban J connectivity index is 1.71. The largest absolute Gasteiger partial charge is 0.492 e. The van der Waals surface area contributed by atoms with Crippen LogP contribution in [0.3, 0.4) is 0 Å². The number of nitrogens with one attached hydrogen (secondary N) is 1. The van der Waals surface area contributed by atoms with Crippen LogP contribution in [0.25, 0.3) is 6.08 Å². The zero-order chi connectivity index (χ0) is 17.1. The van der Waals surface area contributed by atoms with Crippen molar-refractivity contribution in [3.05, 3.63) is 58.3 Å². The fraction of sp³-hybridized carbons (Fsp3) is 0.222. The van der Waals surface area contributed by atoms with Gasteiger partial charge in [-0.15, -0.1) is 0 Å². The van der Waals surface area contributed by atoms with Gasteiger partial charge in [0.2, 0.25) is 0 Å². The van der Waals surface area contributed by atoms with Crippen LogP contribution in [0.15, 0.2) is 41.3 Å². The number of carbonyl (C=O) groups is 2. The molecule has 1 fully saturated rings. The highest BCUT2D eigenvalue weighted by atomic mass is 32.2. The lowest BCUT2D eigenvalue weighted by atomic mass is 10.2. The van der Waals surface area contributed by atoms with Gasteiger partial charge in [-0.3, -0.25) is 14.9 Å². The third-order valence-corrected chi connectivity index (χ3v) is 4.68. The van der Waals surface area contributed by atoms with E-state index in [0.717, 1.165) is 34.5 Å². The topological polar surface area (TPSA) is 60.3 Å². The lowest BCUT2D eigenvalue weighted by Gasteiger charge is -2.11. The molecule has 2 amide bonds. The highest BCUT2D eigenvalue weighted by Gasteiger charge is 2.25. The van der Waals surface area contributed by atoms with E-state index in [9.17, 15) is 9.59 Å². The van der Waals surface area contributed by atoms with Crippen LogP contribution in [0.2, 0.25) is 0 Å². The average molecular weight is 342 g/mol. The third-order valence-electron chi connectivity index (χ3n) is 3.87. The first-order valence-electron chi connectivity index (χ1n) is 7.64. The molecule has 0 saturated carbocycles. The predicted octanol–water partition coefficient (Wildman–Crippen LogP) is 3.51. The maximum absolute atomic E-state index is 11.7. The molecule has 1 saturated heterocycles. The van der Waals surface area contributed by atoms with Crippen LogP contribution in [0.1, 0.15) is 17.0 Å². The molecule has 6 heteroatoms. The van der Waals surface area contributed by atoms with E-state index in [-0.39, 0.29) is 11.1 Å². The Morgan fingerprint density at radius 2 is 1.96 bits per heavy atom. The molecule has 2 heterocycles. The van der Waals surface area contributed by atoms with Gasteiger partial charge in [-0.1, -0.05) is 18.2 Å². The van der Waals surface area contributed by atoms with Crippen LogP contribution in [-0.4, -0.2) is 22.3 Å². The summed E-state index contributed by atoms with van der Waals surface area (Å²) in [4.78, 5) is 23.4. The van der Waals surface area contributed by atoms with Gasteiger partial charge in [-0.05, 0) is 55.4 Å². The molecule has 0 aliphatic carbocycles. The maximum Gasteiger partial charge on any atom is 0.290 e. The Labute approximate surface area is 144 Å². The number of aromatic nitrogens is 1. The molecule has 5 nitrogen and oxygen atoms in total. The minimum Gasteiger partial charge on any atom is -0.492 e. The van der Waals surface area contributed by atoms with Gasteiger partial charge in [0.05, 0.1) is 11.4 Å². The van der Waals surface area contributed by atoms with E-state index in [1.54, 1.807) is 6.08 Å². The van der Waals surface area contributed by atoms with E-state index in [1.807, 2.05) is 50.2 Å². The van der Waals surface area contributed by atoms with E-state index in [0.29, 0.717) is 18.1 Å². The van der Waals surface area contributed by atoms with Crippen molar-refractivity contribution in [1.82, 2.24) is 9.88 Å². The molecular weight excluding hydrogens is 324 g/mol. The standard InChI is InChI=1S/C18H18N2O3S/c1-12-10-14(11-16-17(21)19-18(22)24-16)13(2)20(12)8-9-23-15-6-4-3-5-7-15/h3-7,10-11H,8-9H2,1-2H3,(H,19,21,22)/b16-11-. The van der Waals surface area contributed by atoms with E-state index >= 15 is 0 Å².